The summed E-state index contributed by atoms with van der Waals surface area (Å²) in [4.78, 5) is 12.7. The fourth-order valence-electron chi connectivity index (χ4n) is 2.49. The van der Waals surface area contributed by atoms with E-state index in [-0.39, 0.29) is 19.6 Å². The SMILES string of the molecule is C=CCCn1c(C(=O)[Se]c2ccccc2)cc2ccccc21. The number of aryl methyl sites for hydroxylation is 1. The number of allylic oxidation sites excluding steroid dienone is 1. The van der Waals surface area contributed by atoms with Crippen LogP contribution in [0.2, 0.25) is 0 Å². The zero-order valence-corrected chi connectivity index (χ0v) is 13.9. The molecule has 0 atom stereocenters. The summed E-state index contributed by atoms with van der Waals surface area (Å²) in [6.45, 7) is 4.58. The summed E-state index contributed by atoms with van der Waals surface area (Å²) in [5.41, 5.74) is 1.93. The average Bonchev–Trinajstić information content (AvgIpc) is 2.92. The standard InChI is InChI=1S/C19H17NOSe/c1-2-3-13-20-17-12-8-7-9-15(17)14-18(20)19(21)22-16-10-5-4-6-11-16/h2,4-12,14H,1,3,13H2. The van der Waals surface area contributed by atoms with Crippen LogP contribution in [0.25, 0.3) is 10.9 Å². The Labute approximate surface area is 136 Å². The van der Waals surface area contributed by atoms with Crippen LogP contribution in [0.3, 0.4) is 0 Å². The van der Waals surface area contributed by atoms with Crippen LogP contribution < -0.4 is 4.46 Å². The fourth-order valence-corrected chi connectivity index (χ4v) is 4.13. The molecular weight excluding hydrogens is 337 g/mol. The van der Waals surface area contributed by atoms with Crippen molar-refractivity contribution in [2.24, 2.45) is 0 Å². The van der Waals surface area contributed by atoms with Gasteiger partial charge in [-0.05, 0) is 0 Å². The number of benzene rings is 2. The van der Waals surface area contributed by atoms with Crippen molar-refractivity contribution in [1.29, 1.82) is 0 Å². The minimum absolute atomic E-state index is 0.193. The molecule has 0 bridgehead atoms. The number of para-hydroxylation sites is 1. The van der Waals surface area contributed by atoms with E-state index in [1.54, 1.807) is 0 Å². The molecule has 3 rings (SSSR count). The topological polar surface area (TPSA) is 22.0 Å². The normalized spacial score (nSPS) is 10.7. The van der Waals surface area contributed by atoms with Crippen molar-refractivity contribution in [3.8, 4) is 0 Å². The number of hydrogen-bond donors (Lipinski definition) is 0. The van der Waals surface area contributed by atoms with Crippen molar-refractivity contribution in [1.82, 2.24) is 4.57 Å². The molecule has 1 aromatic heterocycles. The third kappa shape index (κ3) is 3.06. The van der Waals surface area contributed by atoms with Gasteiger partial charge in [-0.25, -0.2) is 0 Å². The van der Waals surface area contributed by atoms with Gasteiger partial charge in [0.1, 0.15) is 0 Å². The van der Waals surface area contributed by atoms with Gasteiger partial charge in [0.15, 0.2) is 0 Å². The van der Waals surface area contributed by atoms with E-state index in [9.17, 15) is 4.79 Å². The molecule has 0 radical (unpaired) electrons. The third-order valence-corrected chi connectivity index (χ3v) is 5.42. The summed E-state index contributed by atoms with van der Waals surface area (Å²) < 4.78 is 3.46. The predicted octanol–water partition coefficient (Wildman–Crippen LogP) is 3.39. The summed E-state index contributed by atoms with van der Waals surface area (Å²) in [6, 6.07) is 20.2. The van der Waals surface area contributed by atoms with Gasteiger partial charge in [-0.2, -0.15) is 0 Å². The van der Waals surface area contributed by atoms with Crippen LogP contribution in [0.15, 0.2) is 73.3 Å². The van der Waals surface area contributed by atoms with Gasteiger partial charge in [0.25, 0.3) is 0 Å². The Morgan fingerprint density at radius 1 is 1.09 bits per heavy atom. The fraction of sp³-hybridized carbons (Fsp3) is 0.105. The van der Waals surface area contributed by atoms with Crippen LogP contribution in [-0.4, -0.2) is 24.2 Å². The summed E-state index contributed by atoms with van der Waals surface area (Å²) >= 11 is -0.193. The van der Waals surface area contributed by atoms with Crippen LogP contribution >= 0.6 is 0 Å². The Morgan fingerprint density at radius 3 is 2.59 bits per heavy atom. The summed E-state index contributed by atoms with van der Waals surface area (Å²) in [6.07, 6.45) is 2.75. The van der Waals surface area contributed by atoms with Crippen molar-refractivity contribution < 1.29 is 4.79 Å². The van der Waals surface area contributed by atoms with Gasteiger partial charge in [-0.3, -0.25) is 0 Å². The van der Waals surface area contributed by atoms with Crippen LogP contribution in [0.1, 0.15) is 16.9 Å². The van der Waals surface area contributed by atoms with E-state index in [0.29, 0.717) is 0 Å². The second-order valence-corrected chi connectivity index (χ2v) is 7.22. The van der Waals surface area contributed by atoms with Crippen molar-refractivity contribution in [3.05, 3.63) is 79.0 Å². The van der Waals surface area contributed by atoms with E-state index in [4.69, 9.17) is 0 Å². The molecule has 0 N–H and O–H groups in total. The molecule has 0 unspecified atom stereocenters. The first kappa shape index (κ1) is 14.8. The molecule has 110 valence electrons. The Balaban J connectivity index is 1.97. The molecule has 0 aliphatic rings. The number of aromatic nitrogens is 1. The van der Waals surface area contributed by atoms with E-state index in [1.807, 2.05) is 54.6 Å². The molecule has 0 amide bonds. The molecule has 2 aromatic carbocycles. The molecule has 0 aliphatic heterocycles. The summed E-state index contributed by atoms with van der Waals surface area (Å²) in [7, 11) is 0. The maximum absolute atomic E-state index is 12.7. The van der Waals surface area contributed by atoms with Gasteiger partial charge in [-0.1, -0.05) is 0 Å². The van der Waals surface area contributed by atoms with Gasteiger partial charge in [0.05, 0.1) is 0 Å². The Hall–Kier alpha value is -2.09. The van der Waals surface area contributed by atoms with E-state index in [2.05, 4.69) is 23.3 Å². The molecule has 2 nitrogen and oxygen atoms in total. The van der Waals surface area contributed by atoms with Crippen molar-refractivity contribution in [2.45, 2.75) is 13.0 Å². The molecule has 3 heteroatoms. The van der Waals surface area contributed by atoms with Crippen molar-refractivity contribution >= 4 is 35.0 Å². The number of rotatable bonds is 6. The predicted molar refractivity (Wildman–Crippen MR) is 92.9 cm³/mol. The molecule has 0 spiro atoms. The van der Waals surface area contributed by atoms with E-state index < -0.39 is 0 Å². The number of nitrogens with zero attached hydrogens (tertiary/aromatic N) is 1. The second-order valence-electron chi connectivity index (χ2n) is 5.02. The van der Waals surface area contributed by atoms with E-state index in [0.717, 1.165) is 34.0 Å². The van der Waals surface area contributed by atoms with Crippen molar-refractivity contribution in [2.75, 3.05) is 0 Å². The Kier molecular flexibility index (Phi) is 4.57. The number of hydrogen-bond acceptors (Lipinski definition) is 1. The van der Waals surface area contributed by atoms with Crippen molar-refractivity contribution in [3.63, 3.8) is 0 Å². The van der Waals surface area contributed by atoms with Crippen LogP contribution in [0.5, 0.6) is 0 Å². The van der Waals surface area contributed by atoms with Crippen LogP contribution in [0, 0.1) is 0 Å². The molecule has 0 aliphatic carbocycles. The molecule has 0 saturated carbocycles. The Bertz CT molecular complexity index is 805. The molecular formula is C19H17NOSe. The third-order valence-electron chi connectivity index (χ3n) is 3.53. The zero-order chi connectivity index (χ0) is 15.4. The van der Waals surface area contributed by atoms with Crippen LogP contribution in [-0.2, 0) is 6.54 Å². The first-order valence-electron chi connectivity index (χ1n) is 7.26. The number of carbonyl (C=O) groups is 1. The first-order chi connectivity index (χ1) is 10.8. The van der Waals surface area contributed by atoms with Gasteiger partial charge in [-0.15, -0.1) is 0 Å². The molecule has 3 aromatic rings. The average molecular weight is 354 g/mol. The van der Waals surface area contributed by atoms with E-state index in [1.165, 1.54) is 0 Å². The molecule has 0 saturated heterocycles. The summed E-state index contributed by atoms with van der Waals surface area (Å²) in [5, 5.41) is 1.12. The quantitative estimate of drug-likeness (QED) is 0.491. The van der Waals surface area contributed by atoms with Gasteiger partial charge in [0, 0.05) is 0 Å². The maximum atomic E-state index is 12.7. The molecule has 22 heavy (non-hydrogen) atoms. The van der Waals surface area contributed by atoms with Crippen LogP contribution in [0.4, 0.5) is 0 Å². The number of carbonyl (C=O) groups excluding carboxylic acids is 1. The minimum atomic E-state index is -0.193. The van der Waals surface area contributed by atoms with Gasteiger partial charge >= 0.3 is 136 Å². The molecule has 1 heterocycles. The first-order valence-corrected chi connectivity index (χ1v) is 8.97. The number of fused-ring (bicyclic) bond motifs is 1. The second kappa shape index (κ2) is 6.78. The Morgan fingerprint density at radius 2 is 1.82 bits per heavy atom. The summed E-state index contributed by atoms with van der Waals surface area (Å²) in [5.74, 6) is 0. The monoisotopic (exact) mass is 355 g/mol. The zero-order valence-electron chi connectivity index (χ0n) is 12.2. The van der Waals surface area contributed by atoms with Gasteiger partial charge in [0.2, 0.25) is 0 Å². The van der Waals surface area contributed by atoms with Gasteiger partial charge < -0.3 is 0 Å². The van der Waals surface area contributed by atoms with E-state index >= 15 is 0 Å². The molecule has 0 fully saturated rings.